The first kappa shape index (κ1) is 13.7. The summed E-state index contributed by atoms with van der Waals surface area (Å²) in [6.07, 6.45) is 0.138. The van der Waals surface area contributed by atoms with E-state index in [0.29, 0.717) is 6.61 Å². The maximum Gasteiger partial charge on any atom is 0.346 e. The van der Waals surface area contributed by atoms with Crippen molar-refractivity contribution < 1.29 is 24.5 Å². The van der Waals surface area contributed by atoms with E-state index in [2.05, 4.69) is 12.6 Å². The van der Waals surface area contributed by atoms with Gasteiger partial charge in [0.25, 0.3) is 0 Å². The topological polar surface area (TPSA) is 76.0 Å². The van der Waals surface area contributed by atoms with Gasteiger partial charge < -0.3 is 19.7 Å². The van der Waals surface area contributed by atoms with Crippen molar-refractivity contribution in [1.29, 1.82) is 0 Å². The van der Waals surface area contributed by atoms with E-state index in [-0.39, 0.29) is 26.2 Å². The zero-order valence-electron chi connectivity index (χ0n) is 8.10. The number of ether oxygens (including phenoxy) is 2. The van der Waals surface area contributed by atoms with Gasteiger partial charge in [-0.15, -0.1) is 12.6 Å². The highest BCUT2D eigenvalue weighted by atomic mass is 32.1. The Morgan fingerprint density at radius 2 is 2.14 bits per heavy atom. The number of aliphatic hydroxyl groups is 1. The number of hydrogen-bond donors (Lipinski definition) is 3. The Bertz CT molecular complexity index is 175. The zero-order valence-corrected chi connectivity index (χ0v) is 9.00. The van der Waals surface area contributed by atoms with E-state index in [1.54, 1.807) is 0 Å². The molecule has 84 valence electrons. The van der Waals surface area contributed by atoms with E-state index in [9.17, 15) is 4.79 Å². The first-order valence-corrected chi connectivity index (χ1v) is 4.80. The molecule has 5 nitrogen and oxygen atoms in total. The Hall–Kier alpha value is -0.300. The summed E-state index contributed by atoms with van der Waals surface area (Å²) in [6.45, 7) is 2.31. The molecule has 0 rings (SSSR count). The summed E-state index contributed by atoms with van der Waals surface area (Å²) < 4.78 is 9.93. The Morgan fingerprint density at radius 3 is 2.57 bits per heavy atom. The van der Waals surface area contributed by atoms with Crippen LogP contribution in [0.5, 0.6) is 0 Å². The van der Waals surface area contributed by atoms with Crippen molar-refractivity contribution in [3.8, 4) is 0 Å². The number of carboxylic acids is 1. The maximum atomic E-state index is 10.8. The van der Waals surface area contributed by atoms with Gasteiger partial charge in [-0.25, -0.2) is 4.79 Å². The zero-order chi connectivity index (χ0) is 11.0. The van der Waals surface area contributed by atoms with E-state index < -0.39 is 10.9 Å². The van der Waals surface area contributed by atoms with Crippen molar-refractivity contribution in [1.82, 2.24) is 0 Å². The van der Waals surface area contributed by atoms with Gasteiger partial charge in [0.1, 0.15) is 0 Å². The molecule has 0 aromatic heterocycles. The second-order valence-corrected chi connectivity index (χ2v) is 3.33. The number of thiol groups is 1. The summed E-state index contributed by atoms with van der Waals surface area (Å²) in [4.78, 5) is 9.21. The highest BCUT2D eigenvalue weighted by molar-refractivity contribution is 7.82. The molecule has 1 atom stereocenters. The third-order valence-electron chi connectivity index (χ3n) is 1.56. The van der Waals surface area contributed by atoms with Crippen LogP contribution in [0.4, 0.5) is 0 Å². The summed E-state index contributed by atoms with van der Waals surface area (Å²) >= 11 is 3.91. The van der Waals surface area contributed by atoms with Crippen molar-refractivity contribution >= 4 is 18.6 Å². The first-order chi connectivity index (χ1) is 6.56. The van der Waals surface area contributed by atoms with Gasteiger partial charge in [-0.2, -0.15) is 0 Å². The molecule has 0 aliphatic carbocycles. The number of rotatable bonds is 8. The minimum atomic E-state index is -1.57. The molecule has 0 aromatic rings. The molecule has 1 unspecified atom stereocenters. The highest BCUT2D eigenvalue weighted by Crippen LogP contribution is 2.21. The molecule has 0 radical (unpaired) electrons. The average molecular weight is 224 g/mol. The molecular weight excluding hydrogens is 208 g/mol. The van der Waals surface area contributed by atoms with Crippen molar-refractivity contribution in [2.75, 3.05) is 26.4 Å². The summed E-state index contributed by atoms with van der Waals surface area (Å²) in [5, 5.41) is 17.3. The van der Waals surface area contributed by atoms with E-state index >= 15 is 0 Å². The lowest BCUT2D eigenvalue weighted by Crippen LogP contribution is -2.38. The molecule has 14 heavy (non-hydrogen) atoms. The molecule has 0 aliphatic heterocycles. The lowest BCUT2D eigenvalue weighted by Gasteiger charge is -2.23. The Labute approximate surface area is 88.4 Å². The molecule has 0 spiro atoms. The molecular formula is C8H16O5S. The molecule has 0 aromatic carbocycles. The van der Waals surface area contributed by atoms with Crippen LogP contribution in [0.15, 0.2) is 0 Å². The van der Waals surface area contributed by atoms with Crippen molar-refractivity contribution in [3.05, 3.63) is 0 Å². The van der Waals surface area contributed by atoms with E-state index in [4.69, 9.17) is 19.7 Å². The minimum absolute atomic E-state index is 0.0536. The number of carboxylic acid groups (broad SMARTS) is 1. The molecule has 0 amide bonds. The van der Waals surface area contributed by atoms with Crippen LogP contribution >= 0.6 is 12.6 Å². The fourth-order valence-corrected chi connectivity index (χ4v) is 0.993. The third-order valence-corrected chi connectivity index (χ3v) is 2.10. The van der Waals surface area contributed by atoms with Crippen molar-refractivity contribution in [3.63, 3.8) is 0 Å². The van der Waals surface area contributed by atoms with Crippen molar-refractivity contribution in [2.24, 2.45) is 0 Å². The van der Waals surface area contributed by atoms with Crippen LogP contribution in [-0.4, -0.2) is 47.5 Å². The van der Waals surface area contributed by atoms with Gasteiger partial charge in [-0.1, -0.05) is 0 Å². The van der Waals surface area contributed by atoms with Gasteiger partial charge in [0.2, 0.25) is 4.93 Å². The molecule has 0 saturated carbocycles. The monoisotopic (exact) mass is 224 g/mol. The van der Waals surface area contributed by atoms with Crippen LogP contribution in [0, 0.1) is 0 Å². The minimum Gasteiger partial charge on any atom is -0.478 e. The van der Waals surface area contributed by atoms with Crippen LogP contribution in [0.3, 0.4) is 0 Å². The number of aliphatic hydroxyl groups excluding tert-OH is 1. The summed E-state index contributed by atoms with van der Waals surface area (Å²) in [5.74, 6) is -1.17. The smallest absolute Gasteiger partial charge is 0.346 e. The van der Waals surface area contributed by atoms with E-state index in [0.717, 1.165) is 0 Å². The SMILES string of the molecule is CCOCCC(S)(OCCO)C(=O)O. The largest absolute Gasteiger partial charge is 0.478 e. The highest BCUT2D eigenvalue weighted by Gasteiger charge is 2.35. The Balaban J connectivity index is 4.03. The average Bonchev–Trinajstić information content (AvgIpc) is 2.15. The summed E-state index contributed by atoms with van der Waals surface area (Å²) in [6, 6.07) is 0. The van der Waals surface area contributed by atoms with Gasteiger partial charge in [-0.3, -0.25) is 0 Å². The van der Waals surface area contributed by atoms with E-state index in [1.807, 2.05) is 6.92 Å². The number of carbonyl (C=O) groups is 1. The summed E-state index contributed by atoms with van der Waals surface area (Å²) in [7, 11) is 0. The van der Waals surface area contributed by atoms with Gasteiger partial charge in [0.15, 0.2) is 0 Å². The maximum absolute atomic E-state index is 10.8. The second-order valence-electron chi connectivity index (χ2n) is 2.61. The molecule has 6 heteroatoms. The van der Waals surface area contributed by atoms with Crippen molar-refractivity contribution in [2.45, 2.75) is 18.3 Å². The lowest BCUT2D eigenvalue weighted by atomic mass is 10.2. The van der Waals surface area contributed by atoms with Gasteiger partial charge in [0, 0.05) is 13.0 Å². The van der Waals surface area contributed by atoms with E-state index in [1.165, 1.54) is 0 Å². The number of aliphatic carboxylic acids is 1. The third kappa shape index (κ3) is 4.80. The van der Waals surface area contributed by atoms with Gasteiger partial charge in [0.05, 0.1) is 19.8 Å². The van der Waals surface area contributed by atoms with Crippen LogP contribution in [-0.2, 0) is 14.3 Å². The Morgan fingerprint density at radius 1 is 1.50 bits per heavy atom. The fourth-order valence-electron chi connectivity index (χ4n) is 0.810. The van der Waals surface area contributed by atoms with Crippen LogP contribution in [0.1, 0.15) is 13.3 Å². The predicted molar refractivity (Wildman–Crippen MR) is 53.5 cm³/mol. The molecule has 0 heterocycles. The quantitative estimate of drug-likeness (QED) is 0.310. The van der Waals surface area contributed by atoms with Gasteiger partial charge in [-0.05, 0) is 6.92 Å². The van der Waals surface area contributed by atoms with Crippen LogP contribution < -0.4 is 0 Å². The number of hydrogen-bond acceptors (Lipinski definition) is 5. The predicted octanol–water partition coefficient (Wildman–Crippen LogP) is 0.133. The summed E-state index contributed by atoms with van der Waals surface area (Å²) in [5.41, 5.74) is 0. The lowest BCUT2D eigenvalue weighted by molar-refractivity contribution is -0.156. The molecule has 0 aliphatic rings. The normalized spacial score (nSPS) is 15.1. The van der Waals surface area contributed by atoms with Crippen LogP contribution in [0.2, 0.25) is 0 Å². The van der Waals surface area contributed by atoms with Gasteiger partial charge >= 0.3 is 5.97 Å². The first-order valence-electron chi connectivity index (χ1n) is 4.35. The standard InChI is InChI=1S/C8H16O5S/c1-2-12-5-3-8(14,7(10)11)13-6-4-9/h9,14H,2-6H2,1H3,(H,10,11). The second kappa shape index (κ2) is 7.05. The molecule has 0 saturated heterocycles. The Kier molecular flexibility index (Phi) is 6.90. The molecule has 2 N–H and O–H groups in total. The van der Waals surface area contributed by atoms with Crippen LogP contribution in [0.25, 0.3) is 0 Å². The molecule has 0 bridgehead atoms. The fraction of sp³-hybridized carbons (Fsp3) is 0.875. The molecule has 0 fully saturated rings.